The maximum atomic E-state index is 5.45. The van der Waals surface area contributed by atoms with Gasteiger partial charge in [0.05, 0.1) is 0 Å². The zero-order chi connectivity index (χ0) is 74.6. The maximum absolute atomic E-state index is 5.45. The van der Waals surface area contributed by atoms with Gasteiger partial charge < -0.3 is 78.4 Å². The van der Waals surface area contributed by atoms with E-state index in [9.17, 15) is 0 Å². The summed E-state index contributed by atoms with van der Waals surface area (Å²) in [6, 6.07) is 0. The molecule has 0 bridgehead atoms. The Labute approximate surface area is 701 Å². The van der Waals surface area contributed by atoms with Gasteiger partial charge in [-0.2, -0.15) is 0 Å². The van der Waals surface area contributed by atoms with Crippen LogP contribution in [0.1, 0.15) is 239 Å². The Hall–Kier alpha value is -1.10. The predicted octanol–water partition coefficient (Wildman–Crippen LogP) is 15.2. The van der Waals surface area contributed by atoms with Crippen molar-refractivity contribution in [2.24, 2.45) is 0 Å². The zero-order valence-corrected chi connectivity index (χ0v) is 78.9. The van der Waals surface area contributed by atoms with Gasteiger partial charge in [0, 0.05) is 209 Å². The molecule has 0 atom stereocenters. The largest absolute Gasteiger partial charge is 2.00 e. The first-order chi connectivity index (χ1) is 48.3. The maximum Gasteiger partial charge on any atom is 2.00 e. The van der Waals surface area contributed by atoms with E-state index < -0.39 is 0 Å². The molecule has 8 fully saturated rings. The molecule has 0 aromatic heterocycles. The summed E-state index contributed by atoms with van der Waals surface area (Å²) in [5, 5.41) is 8.50. The van der Waals surface area contributed by atoms with Gasteiger partial charge in [-0.05, 0) is 309 Å². The van der Waals surface area contributed by atoms with E-state index in [-0.39, 0.29) is 42.1 Å². The van der Waals surface area contributed by atoms with Gasteiger partial charge in [-0.1, -0.05) is 27.7 Å². The third-order valence-corrected chi connectivity index (χ3v) is 23.9. The van der Waals surface area contributed by atoms with Crippen LogP contribution in [0, 0.1) is 0 Å². The van der Waals surface area contributed by atoms with Crippen LogP contribution in [0.4, 0.5) is 0 Å². The van der Waals surface area contributed by atoms with Gasteiger partial charge in [0.1, 0.15) is 0 Å². The van der Waals surface area contributed by atoms with Crippen LogP contribution in [0.3, 0.4) is 0 Å². The van der Waals surface area contributed by atoms with Crippen molar-refractivity contribution in [1.29, 1.82) is 0 Å². The van der Waals surface area contributed by atoms with E-state index in [1.807, 2.05) is 0 Å². The summed E-state index contributed by atoms with van der Waals surface area (Å²) in [4.78, 5) is 37.1. The van der Waals surface area contributed by atoms with E-state index >= 15 is 0 Å². The number of nitrogens with zero attached hydrogens (tertiary/aromatic N) is 16. The molecule has 0 aromatic carbocycles. The summed E-state index contributed by atoms with van der Waals surface area (Å²) in [7, 11) is 0. The molecule has 0 N–H and O–H groups in total. The van der Waals surface area contributed by atoms with Crippen LogP contribution in [-0.4, -0.2) is 329 Å². The predicted molar refractivity (Wildman–Crippen MR) is 469 cm³/mol. The summed E-state index contributed by atoms with van der Waals surface area (Å²) >= 11 is 43.3. The third-order valence-electron chi connectivity index (χ3n) is 19.7. The Morgan fingerprint density at radius 1 is 0.157 bits per heavy atom. The quantitative estimate of drug-likeness (QED) is 0.109. The number of thiocarbonyl (C=S) groups is 8. The van der Waals surface area contributed by atoms with E-state index in [1.165, 1.54) is 128 Å². The van der Waals surface area contributed by atoms with E-state index in [0.29, 0.717) is 0 Å². The van der Waals surface area contributed by atoms with Crippen molar-refractivity contribution in [3.05, 3.63) is 0 Å². The second-order valence-corrected chi connectivity index (χ2v) is 29.7. The van der Waals surface area contributed by atoms with Gasteiger partial charge in [0.15, 0.2) is 40.9 Å². The fourth-order valence-corrected chi connectivity index (χ4v) is 16.8. The Morgan fingerprint density at radius 3 is 0.314 bits per heavy atom. The molecule has 0 aromatic rings. The molecule has 102 heavy (non-hydrogen) atoms. The fourth-order valence-electron chi connectivity index (χ4n) is 13.4. The minimum Gasteiger partial charge on any atom is -0.349 e. The van der Waals surface area contributed by atoms with Crippen molar-refractivity contribution < 1.29 is 42.1 Å². The van der Waals surface area contributed by atoms with Crippen molar-refractivity contribution in [3.63, 3.8) is 0 Å². The van der Waals surface area contributed by atoms with E-state index in [4.69, 9.17) is 97.7 Å². The number of rotatable bonds is 20. The molecule has 0 saturated carbocycles. The van der Waals surface area contributed by atoms with Crippen LogP contribution in [0.5, 0.6) is 0 Å². The topological polar surface area (TPSA) is 51.8 Å². The van der Waals surface area contributed by atoms with Crippen LogP contribution >= 0.6 is 97.7 Å². The number of hydrogen-bond acceptors (Lipinski definition) is 8. The summed E-state index contributed by atoms with van der Waals surface area (Å²) < 4.78 is 0. The zero-order valence-electron chi connectivity index (χ0n) is 67.8. The SMILES string of the molecule is CCCN1CCCCN(CC)C1=S.CCCN1CCCCN(CC)C1=S.CCCN1CCCCN(CC)C1=S.CCCN1CCCCN(CC)C1=S.CCN1CCCCN(CC)C1=S.CCN1CCCCN(CC)C1=S.CCN1CCCCN(CC)C1=S.CCN1CCCCN(CC)C1=S.[Pt+2].[Pt+2]. The van der Waals surface area contributed by atoms with E-state index in [0.717, 1.165) is 250 Å². The molecule has 8 saturated heterocycles. The summed E-state index contributed by atoms with van der Waals surface area (Å²) in [5.74, 6) is 0. The molecular weight excluding hydrogens is 1780 g/mol. The van der Waals surface area contributed by atoms with Gasteiger partial charge in [0.25, 0.3) is 0 Å². The van der Waals surface area contributed by atoms with Gasteiger partial charge in [-0.15, -0.1) is 0 Å². The average molecular weight is 1940 g/mol. The summed E-state index contributed by atoms with van der Waals surface area (Å²) in [5.41, 5.74) is 0. The third kappa shape index (κ3) is 39.5. The van der Waals surface area contributed by atoms with Crippen LogP contribution in [0.15, 0.2) is 0 Å². The Morgan fingerprint density at radius 2 is 0.235 bits per heavy atom. The first-order valence-corrected chi connectivity index (χ1v) is 43.9. The molecule has 8 rings (SSSR count). The molecule has 0 amide bonds. The van der Waals surface area contributed by atoms with Crippen molar-refractivity contribution in [2.75, 3.05) is 209 Å². The molecular formula is C76H152N16Pt2S8+4. The van der Waals surface area contributed by atoms with E-state index in [1.54, 1.807) is 0 Å². The first kappa shape index (κ1) is 103. The smallest absolute Gasteiger partial charge is 0.349 e. The molecule has 8 heterocycles. The average Bonchev–Trinajstić information content (AvgIpc) is 1.36. The van der Waals surface area contributed by atoms with Gasteiger partial charge >= 0.3 is 42.1 Å². The standard InChI is InChI=1S/4C10H20N2S.4C9H18N2S.2Pt/c4*1-3-7-12-9-6-5-8-11(4-2)10(12)13;4*1-3-10-7-5-6-8-11(4-2)9(10)12;;/h4*3-9H2,1-2H3;4*3-8H2,1-2H3;;/q;;;;;;;;2*+2. The molecule has 600 valence electrons. The van der Waals surface area contributed by atoms with Crippen LogP contribution < -0.4 is 0 Å². The fraction of sp³-hybridized carbons (Fsp3) is 0.895. The Bertz CT molecular complexity index is 1860. The minimum absolute atomic E-state index is 0. The van der Waals surface area contributed by atoms with Gasteiger partial charge in [0.2, 0.25) is 0 Å². The van der Waals surface area contributed by atoms with Crippen molar-refractivity contribution in [2.45, 2.75) is 239 Å². The van der Waals surface area contributed by atoms with Crippen LogP contribution in [0.25, 0.3) is 0 Å². The molecule has 0 spiro atoms. The second-order valence-electron chi connectivity index (χ2n) is 26.8. The Balaban J connectivity index is 0. The van der Waals surface area contributed by atoms with Gasteiger partial charge in [-0.25, -0.2) is 0 Å². The molecule has 0 unspecified atom stereocenters. The Kier molecular flexibility index (Phi) is 65.3. The number of hydrogen-bond donors (Lipinski definition) is 0. The van der Waals surface area contributed by atoms with Crippen LogP contribution in [-0.2, 0) is 42.1 Å². The molecule has 16 nitrogen and oxygen atoms in total. The molecule has 8 aliphatic rings. The van der Waals surface area contributed by atoms with Crippen molar-refractivity contribution in [3.8, 4) is 0 Å². The molecule has 26 heteroatoms. The molecule has 8 aliphatic heterocycles. The first-order valence-electron chi connectivity index (χ1n) is 40.6. The summed E-state index contributed by atoms with van der Waals surface area (Å²) in [6.07, 6.45) is 25.3. The monoisotopic (exact) mass is 1930 g/mol. The van der Waals surface area contributed by atoms with Crippen molar-refractivity contribution >= 4 is 139 Å². The van der Waals surface area contributed by atoms with Crippen molar-refractivity contribution in [1.82, 2.24) is 78.4 Å². The van der Waals surface area contributed by atoms with Gasteiger partial charge in [-0.3, -0.25) is 0 Å². The molecule has 0 aliphatic carbocycles. The normalized spacial score (nSPS) is 19.0. The van der Waals surface area contributed by atoms with Crippen LogP contribution in [0.2, 0.25) is 0 Å². The molecule has 0 radical (unpaired) electrons. The summed E-state index contributed by atoms with van der Waals surface area (Å²) in [6.45, 7) is 70.4. The minimum atomic E-state index is 0. The second kappa shape index (κ2) is 64.7. The van der Waals surface area contributed by atoms with E-state index in [2.05, 4.69) is 189 Å².